The van der Waals surface area contributed by atoms with Crippen LogP contribution in [0.1, 0.15) is 36.4 Å². The molecule has 102 valence electrons. The van der Waals surface area contributed by atoms with Gasteiger partial charge in [0.25, 0.3) is 0 Å². The van der Waals surface area contributed by atoms with E-state index in [0.29, 0.717) is 12.3 Å². The lowest BCUT2D eigenvalue weighted by Gasteiger charge is -2.28. The molecule has 19 heavy (non-hydrogen) atoms. The Bertz CT molecular complexity index is 481. The van der Waals surface area contributed by atoms with Crippen LogP contribution in [0.15, 0.2) is 18.2 Å². The standard InChI is InChI=1S/C15H20N2O2/c16-15(10-5-7-19-8-6-10)12-1-3-13-11(9-12)2-4-14(18)17-13/h1,3,9-10,15H,2,4-8,16H2,(H,17,18). The maximum absolute atomic E-state index is 11.3. The minimum atomic E-state index is 0.0758. The Balaban J connectivity index is 1.79. The number of carbonyl (C=O) groups is 1. The first kappa shape index (κ1) is 12.6. The molecule has 1 saturated heterocycles. The summed E-state index contributed by atoms with van der Waals surface area (Å²) in [6.45, 7) is 1.64. The van der Waals surface area contributed by atoms with E-state index in [0.717, 1.165) is 38.2 Å². The Kier molecular flexibility index (Phi) is 3.53. The first-order chi connectivity index (χ1) is 9.24. The van der Waals surface area contributed by atoms with Crippen molar-refractivity contribution in [1.29, 1.82) is 0 Å². The zero-order chi connectivity index (χ0) is 13.2. The minimum Gasteiger partial charge on any atom is -0.381 e. The molecule has 3 rings (SSSR count). The van der Waals surface area contributed by atoms with E-state index in [1.54, 1.807) is 0 Å². The summed E-state index contributed by atoms with van der Waals surface area (Å²) >= 11 is 0. The number of amides is 1. The van der Waals surface area contributed by atoms with Gasteiger partial charge in [0.2, 0.25) is 5.91 Å². The van der Waals surface area contributed by atoms with E-state index >= 15 is 0 Å². The number of nitrogens with two attached hydrogens (primary N) is 1. The molecule has 0 radical (unpaired) electrons. The lowest BCUT2D eigenvalue weighted by Crippen LogP contribution is -2.28. The van der Waals surface area contributed by atoms with Crippen LogP contribution in [0.2, 0.25) is 0 Å². The topological polar surface area (TPSA) is 64.4 Å². The van der Waals surface area contributed by atoms with Crippen molar-refractivity contribution < 1.29 is 9.53 Å². The summed E-state index contributed by atoms with van der Waals surface area (Å²) in [5, 5.41) is 2.91. The summed E-state index contributed by atoms with van der Waals surface area (Å²) in [5.74, 6) is 0.610. The Morgan fingerprint density at radius 3 is 2.84 bits per heavy atom. The highest BCUT2D eigenvalue weighted by Gasteiger charge is 2.23. The van der Waals surface area contributed by atoms with E-state index in [9.17, 15) is 4.79 Å². The van der Waals surface area contributed by atoms with Crippen LogP contribution in [0, 0.1) is 5.92 Å². The fourth-order valence-electron chi connectivity index (χ4n) is 2.96. The number of hydrogen-bond acceptors (Lipinski definition) is 3. The second-order valence-corrected chi connectivity index (χ2v) is 5.44. The van der Waals surface area contributed by atoms with Gasteiger partial charge in [0, 0.05) is 31.4 Å². The Morgan fingerprint density at radius 2 is 2.05 bits per heavy atom. The SMILES string of the molecule is NC(c1ccc2c(c1)CCC(=O)N2)C1CCOCC1. The van der Waals surface area contributed by atoms with Crippen molar-refractivity contribution in [2.75, 3.05) is 18.5 Å². The van der Waals surface area contributed by atoms with Crippen molar-refractivity contribution in [2.45, 2.75) is 31.7 Å². The number of benzene rings is 1. The molecule has 2 aliphatic heterocycles. The first-order valence-electron chi connectivity index (χ1n) is 7.00. The van der Waals surface area contributed by atoms with Gasteiger partial charge in [0.15, 0.2) is 0 Å². The monoisotopic (exact) mass is 260 g/mol. The van der Waals surface area contributed by atoms with Gasteiger partial charge in [-0.3, -0.25) is 4.79 Å². The van der Waals surface area contributed by atoms with E-state index in [1.165, 1.54) is 11.1 Å². The second kappa shape index (κ2) is 5.31. The molecule has 2 aliphatic rings. The smallest absolute Gasteiger partial charge is 0.224 e. The normalized spacial score (nSPS) is 21.6. The van der Waals surface area contributed by atoms with Gasteiger partial charge in [0.1, 0.15) is 0 Å². The molecule has 1 unspecified atom stereocenters. The number of fused-ring (bicyclic) bond motifs is 1. The Morgan fingerprint density at radius 1 is 1.26 bits per heavy atom. The predicted octanol–water partition coefficient (Wildman–Crippen LogP) is 2.00. The molecule has 0 aromatic heterocycles. The van der Waals surface area contributed by atoms with Gasteiger partial charge in [-0.1, -0.05) is 12.1 Å². The lowest BCUT2D eigenvalue weighted by molar-refractivity contribution is -0.116. The number of nitrogens with one attached hydrogen (secondary N) is 1. The van der Waals surface area contributed by atoms with Gasteiger partial charge in [-0.25, -0.2) is 0 Å². The van der Waals surface area contributed by atoms with Crippen LogP contribution in [0.4, 0.5) is 5.69 Å². The van der Waals surface area contributed by atoms with Crippen LogP contribution in [0.25, 0.3) is 0 Å². The third-order valence-electron chi connectivity index (χ3n) is 4.18. The van der Waals surface area contributed by atoms with Crippen molar-refractivity contribution in [2.24, 2.45) is 11.7 Å². The summed E-state index contributed by atoms with van der Waals surface area (Å²) in [5.41, 5.74) is 9.72. The number of rotatable bonds is 2. The van der Waals surface area contributed by atoms with Crippen LogP contribution in [0.5, 0.6) is 0 Å². The average Bonchev–Trinajstić information content (AvgIpc) is 2.47. The van der Waals surface area contributed by atoms with Crippen LogP contribution < -0.4 is 11.1 Å². The third-order valence-corrected chi connectivity index (χ3v) is 4.18. The molecule has 1 fully saturated rings. The highest BCUT2D eigenvalue weighted by Crippen LogP contribution is 2.31. The van der Waals surface area contributed by atoms with Crippen molar-refractivity contribution in [3.63, 3.8) is 0 Å². The molecule has 1 aromatic carbocycles. The van der Waals surface area contributed by atoms with Gasteiger partial charge in [-0.05, 0) is 42.4 Å². The first-order valence-corrected chi connectivity index (χ1v) is 7.00. The fraction of sp³-hybridized carbons (Fsp3) is 0.533. The molecule has 1 amide bonds. The van der Waals surface area contributed by atoms with E-state index in [1.807, 2.05) is 12.1 Å². The van der Waals surface area contributed by atoms with Crippen LogP contribution in [-0.2, 0) is 16.0 Å². The van der Waals surface area contributed by atoms with Crippen LogP contribution >= 0.6 is 0 Å². The maximum Gasteiger partial charge on any atom is 0.224 e. The molecule has 1 atom stereocenters. The molecular weight excluding hydrogens is 240 g/mol. The minimum absolute atomic E-state index is 0.0758. The van der Waals surface area contributed by atoms with Gasteiger partial charge in [0.05, 0.1) is 0 Å². The molecular formula is C15H20N2O2. The number of anilines is 1. The summed E-state index contributed by atoms with van der Waals surface area (Å²) in [7, 11) is 0. The van der Waals surface area contributed by atoms with Crippen LogP contribution in [-0.4, -0.2) is 19.1 Å². The number of hydrogen-bond donors (Lipinski definition) is 2. The van der Waals surface area contributed by atoms with Crippen LogP contribution in [0.3, 0.4) is 0 Å². The predicted molar refractivity (Wildman–Crippen MR) is 73.9 cm³/mol. The summed E-state index contributed by atoms with van der Waals surface area (Å²) in [6.07, 6.45) is 3.46. The highest BCUT2D eigenvalue weighted by atomic mass is 16.5. The van der Waals surface area contributed by atoms with E-state index in [4.69, 9.17) is 10.5 Å². The third kappa shape index (κ3) is 2.65. The zero-order valence-corrected chi connectivity index (χ0v) is 11.0. The second-order valence-electron chi connectivity index (χ2n) is 5.44. The van der Waals surface area contributed by atoms with Crippen molar-refractivity contribution in [1.82, 2.24) is 0 Å². The summed E-state index contributed by atoms with van der Waals surface area (Å²) in [6, 6.07) is 6.27. The Labute approximate surface area is 113 Å². The van der Waals surface area contributed by atoms with Crippen molar-refractivity contribution >= 4 is 11.6 Å². The van der Waals surface area contributed by atoms with Crippen molar-refractivity contribution in [3.05, 3.63) is 29.3 Å². The molecule has 4 heteroatoms. The van der Waals surface area contributed by atoms with Gasteiger partial charge >= 0.3 is 0 Å². The molecule has 0 aliphatic carbocycles. The average molecular weight is 260 g/mol. The number of carbonyl (C=O) groups excluding carboxylic acids is 1. The van der Waals surface area contributed by atoms with E-state index < -0.39 is 0 Å². The number of ether oxygens (including phenoxy) is 1. The molecule has 1 aromatic rings. The van der Waals surface area contributed by atoms with Gasteiger partial charge < -0.3 is 15.8 Å². The molecule has 3 N–H and O–H groups in total. The zero-order valence-electron chi connectivity index (χ0n) is 11.0. The van der Waals surface area contributed by atoms with Gasteiger partial charge in [-0.15, -0.1) is 0 Å². The molecule has 4 nitrogen and oxygen atoms in total. The fourth-order valence-corrected chi connectivity index (χ4v) is 2.96. The molecule has 0 spiro atoms. The quantitative estimate of drug-likeness (QED) is 0.854. The summed E-state index contributed by atoms with van der Waals surface area (Å²) < 4.78 is 5.39. The molecule has 2 heterocycles. The Hall–Kier alpha value is -1.39. The largest absolute Gasteiger partial charge is 0.381 e. The summed E-state index contributed by atoms with van der Waals surface area (Å²) in [4.78, 5) is 11.3. The molecule has 0 bridgehead atoms. The van der Waals surface area contributed by atoms with E-state index in [-0.39, 0.29) is 11.9 Å². The van der Waals surface area contributed by atoms with E-state index in [2.05, 4.69) is 11.4 Å². The van der Waals surface area contributed by atoms with Gasteiger partial charge in [-0.2, -0.15) is 0 Å². The van der Waals surface area contributed by atoms with Crippen molar-refractivity contribution in [3.8, 4) is 0 Å². The highest BCUT2D eigenvalue weighted by molar-refractivity contribution is 5.93. The molecule has 0 saturated carbocycles. The number of aryl methyl sites for hydroxylation is 1. The maximum atomic E-state index is 11.3. The lowest BCUT2D eigenvalue weighted by atomic mass is 9.86.